The van der Waals surface area contributed by atoms with Gasteiger partial charge in [0.1, 0.15) is 11.6 Å². The van der Waals surface area contributed by atoms with Crippen molar-refractivity contribution in [2.45, 2.75) is 64.1 Å². The summed E-state index contributed by atoms with van der Waals surface area (Å²) >= 11 is 0. The van der Waals surface area contributed by atoms with Gasteiger partial charge in [-0.05, 0) is 46.5 Å². The zero-order chi connectivity index (χ0) is 14.2. The van der Waals surface area contributed by atoms with Crippen LogP contribution in [0.5, 0.6) is 0 Å². The van der Waals surface area contributed by atoms with Gasteiger partial charge in [-0.25, -0.2) is 4.79 Å². The van der Waals surface area contributed by atoms with Gasteiger partial charge in [0, 0.05) is 19.6 Å². The molecule has 1 aliphatic heterocycles. The molecule has 0 spiro atoms. The molecular formula is C14H24N2O3. The molecule has 2 aliphatic rings. The van der Waals surface area contributed by atoms with Gasteiger partial charge in [0.25, 0.3) is 0 Å². The third kappa shape index (κ3) is 3.39. The molecule has 2 fully saturated rings. The van der Waals surface area contributed by atoms with Crippen LogP contribution in [0.4, 0.5) is 4.79 Å². The lowest BCUT2D eigenvalue weighted by Gasteiger charge is -2.30. The zero-order valence-electron chi connectivity index (χ0n) is 12.3. The smallest absolute Gasteiger partial charge is 0.410 e. The summed E-state index contributed by atoms with van der Waals surface area (Å²) in [6.07, 6.45) is 3.42. The van der Waals surface area contributed by atoms with Crippen LogP contribution in [0.2, 0.25) is 0 Å². The summed E-state index contributed by atoms with van der Waals surface area (Å²) in [4.78, 5) is 27.9. The summed E-state index contributed by atoms with van der Waals surface area (Å²) in [6.45, 7) is 6.14. The molecular weight excluding hydrogens is 244 g/mol. The zero-order valence-corrected chi connectivity index (χ0v) is 12.3. The number of carbonyl (C=O) groups excluding carboxylic acids is 2. The van der Waals surface area contributed by atoms with Gasteiger partial charge in [0.05, 0.1) is 0 Å². The van der Waals surface area contributed by atoms with Crippen LogP contribution in [0, 0.1) is 0 Å². The number of nitrogens with zero attached hydrogens (tertiary/aromatic N) is 2. The molecule has 1 atom stereocenters. The number of ether oxygens (including phenoxy) is 1. The molecule has 0 unspecified atom stereocenters. The number of likely N-dealkylation sites (N-methyl/N-ethyl adjacent to an activating group) is 1. The van der Waals surface area contributed by atoms with Gasteiger partial charge < -0.3 is 9.64 Å². The van der Waals surface area contributed by atoms with E-state index in [9.17, 15) is 9.59 Å². The molecule has 1 heterocycles. The predicted molar refractivity (Wildman–Crippen MR) is 71.8 cm³/mol. The SMILES string of the molecule is CN(C(=O)[C@H]1CCCN1C(=O)OC(C)(C)C)C1CC1. The predicted octanol–water partition coefficient (Wildman–Crippen LogP) is 2.01. The Morgan fingerprint density at radius 2 is 1.84 bits per heavy atom. The van der Waals surface area contributed by atoms with Crippen LogP contribution in [-0.2, 0) is 9.53 Å². The van der Waals surface area contributed by atoms with E-state index in [1.54, 1.807) is 9.80 Å². The maximum absolute atomic E-state index is 12.4. The first kappa shape index (κ1) is 14.2. The maximum atomic E-state index is 12.4. The fourth-order valence-corrected chi connectivity index (χ4v) is 2.44. The van der Waals surface area contributed by atoms with Crippen molar-refractivity contribution >= 4 is 12.0 Å². The molecule has 0 aromatic rings. The van der Waals surface area contributed by atoms with Gasteiger partial charge in [-0.2, -0.15) is 0 Å². The van der Waals surface area contributed by atoms with Crippen molar-refractivity contribution < 1.29 is 14.3 Å². The third-order valence-corrected chi connectivity index (χ3v) is 3.61. The molecule has 2 rings (SSSR count). The fourth-order valence-electron chi connectivity index (χ4n) is 2.44. The van der Waals surface area contributed by atoms with Gasteiger partial charge >= 0.3 is 6.09 Å². The standard InChI is InChI=1S/C14H24N2O3/c1-14(2,3)19-13(18)16-9-5-6-11(16)12(17)15(4)10-7-8-10/h10-11H,5-9H2,1-4H3/t11-/m1/s1. The van der Waals surface area contributed by atoms with E-state index in [-0.39, 0.29) is 18.0 Å². The summed E-state index contributed by atoms with van der Waals surface area (Å²) in [5.74, 6) is 0.0610. The Kier molecular flexibility index (Phi) is 3.74. The molecule has 1 saturated heterocycles. The largest absolute Gasteiger partial charge is 0.444 e. The number of amides is 2. The molecule has 5 heteroatoms. The van der Waals surface area contributed by atoms with Crippen LogP contribution in [0.25, 0.3) is 0 Å². The van der Waals surface area contributed by atoms with Crippen molar-refractivity contribution in [2.75, 3.05) is 13.6 Å². The van der Waals surface area contributed by atoms with E-state index >= 15 is 0 Å². The summed E-state index contributed by atoms with van der Waals surface area (Å²) in [7, 11) is 1.84. The summed E-state index contributed by atoms with van der Waals surface area (Å²) in [5.41, 5.74) is -0.518. The highest BCUT2D eigenvalue weighted by atomic mass is 16.6. The second-order valence-corrected chi connectivity index (χ2v) is 6.51. The van der Waals surface area contributed by atoms with Crippen molar-refractivity contribution in [3.8, 4) is 0 Å². The first-order valence-electron chi connectivity index (χ1n) is 7.06. The van der Waals surface area contributed by atoms with Gasteiger partial charge in [0.15, 0.2) is 0 Å². The van der Waals surface area contributed by atoms with Gasteiger partial charge in [-0.3, -0.25) is 9.69 Å². The second-order valence-electron chi connectivity index (χ2n) is 6.51. The quantitative estimate of drug-likeness (QED) is 0.769. The Labute approximate surface area is 114 Å². The highest BCUT2D eigenvalue weighted by molar-refractivity contribution is 5.86. The summed E-state index contributed by atoms with van der Waals surface area (Å²) in [5, 5.41) is 0. The van der Waals surface area contributed by atoms with Crippen LogP contribution in [0.1, 0.15) is 46.5 Å². The summed E-state index contributed by atoms with van der Waals surface area (Å²) in [6, 6.07) is 0.0500. The average molecular weight is 268 g/mol. The van der Waals surface area contributed by atoms with E-state index in [4.69, 9.17) is 4.74 Å². The van der Waals surface area contributed by atoms with Crippen LogP contribution in [0.15, 0.2) is 0 Å². The van der Waals surface area contributed by atoms with Gasteiger partial charge in [-0.15, -0.1) is 0 Å². The van der Waals surface area contributed by atoms with E-state index < -0.39 is 5.60 Å². The number of likely N-dealkylation sites (tertiary alicyclic amines) is 1. The minimum atomic E-state index is -0.518. The third-order valence-electron chi connectivity index (χ3n) is 3.61. The van der Waals surface area contributed by atoms with Crippen molar-refractivity contribution in [2.24, 2.45) is 0 Å². The normalized spacial score (nSPS) is 23.4. The molecule has 0 aromatic carbocycles. The van der Waals surface area contributed by atoms with Crippen LogP contribution < -0.4 is 0 Å². The molecule has 108 valence electrons. The molecule has 2 amide bonds. The maximum Gasteiger partial charge on any atom is 0.410 e. The van der Waals surface area contributed by atoms with Crippen molar-refractivity contribution in [1.82, 2.24) is 9.80 Å². The lowest BCUT2D eigenvalue weighted by atomic mass is 10.2. The second kappa shape index (κ2) is 5.02. The Bertz CT molecular complexity index is 371. The van der Waals surface area contributed by atoms with E-state index in [2.05, 4.69) is 0 Å². The average Bonchev–Trinajstić information content (AvgIpc) is 3.02. The minimum Gasteiger partial charge on any atom is -0.444 e. The van der Waals surface area contributed by atoms with Crippen LogP contribution in [0.3, 0.4) is 0 Å². The lowest BCUT2D eigenvalue weighted by molar-refractivity contribution is -0.135. The van der Waals surface area contributed by atoms with Crippen molar-refractivity contribution in [3.63, 3.8) is 0 Å². The molecule has 0 aromatic heterocycles. The highest BCUT2D eigenvalue weighted by Crippen LogP contribution is 2.29. The van der Waals surface area contributed by atoms with E-state index in [0.717, 1.165) is 25.7 Å². The van der Waals surface area contributed by atoms with Gasteiger partial charge in [0.2, 0.25) is 5.91 Å². The Hall–Kier alpha value is -1.26. The topological polar surface area (TPSA) is 49.9 Å². The first-order chi connectivity index (χ1) is 8.79. The van der Waals surface area contributed by atoms with E-state index in [1.807, 2.05) is 27.8 Å². The fraction of sp³-hybridized carbons (Fsp3) is 0.857. The molecule has 0 N–H and O–H groups in total. The summed E-state index contributed by atoms with van der Waals surface area (Å²) < 4.78 is 5.37. The van der Waals surface area contributed by atoms with Gasteiger partial charge in [-0.1, -0.05) is 0 Å². The Morgan fingerprint density at radius 3 is 2.37 bits per heavy atom. The minimum absolute atomic E-state index is 0.0610. The molecule has 5 nitrogen and oxygen atoms in total. The number of hydrogen-bond donors (Lipinski definition) is 0. The van der Waals surface area contributed by atoms with Crippen molar-refractivity contribution in [1.29, 1.82) is 0 Å². The highest BCUT2D eigenvalue weighted by Gasteiger charge is 2.40. The number of rotatable bonds is 2. The molecule has 1 saturated carbocycles. The van der Waals surface area contributed by atoms with Crippen molar-refractivity contribution in [3.05, 3.63) is 0 Å². The van der Waals surface area contributed by atoms with E-state index in [1.165, 1.54) is 0 Å². The lowest BCUT2D eigenvalue weighted by Crippen LogP contribution is -2.48. The van der Waals surface area contributed by atoms with E-state index in [0.29, 0.717) is 12.6 Å². The Balaban J connectivity index is 1.99. The first-order valence-corrected chi connectivity index (χ1v) is 7.06. The van der Waals surface area contributed by atoms with Crippen LogP contribution >= 0.6 is 0 Å². The Morgan fingerprint density at radius 1 is 1.21 bits per heavy atom. The van der Waals surface area contributed by atoms with Crippen LogP contribution in [-0.4, -0.2) is 53.1 Å². The molecule has 19 heavy (non-hydrogen) atoms. The molecule has 0 bridgehead atoms. The molecule has 1 aliphatic carbocycles. The molecule has 0 radical (unpaired) electrons. The number of carbonyl (C=O) groups is 2. The monoisotopic (exact) mass is 268 g/mol. The number of hydrogen-bond acceptors (Lipinski definition) is 3.